The number of anilines is 1. The molecule has 24 heavy (non-hydrogen) atoms. The lowest BCUT2D eigenvalue weighted by Crippen LogP contribution is -2.35. The molecule has 0 unspecified atom stereocenters. The third-order valence-electron chi connectivity index (χ3n) is 3.35. The molecule has 0 atom stereocenters. The Kier molecular flexibility index (Phi) is 4.18. The summed E-state index contributed by atoms with van der Waals surface area (Å²) in [5, 5.41) is 11.7. The number of nitrogens with one attached hydrogen (secondary N) is 2. The number of nitrogens with zero attached hydrogens (tertiary/aromatic N) is 4. The molecule has 1 aliphatic heterocycles. The van der Waals surface area contributed by atoms with E-state index in [0.717, 1.165) is 47.0 Å². The highest BCUT2D eigenvalue weighted by atomic mass is 32.1. The summed E-state index contributed by atoms with van der Waals surface area (Å²) >= 11 is 2.94. The van der Waals surface area contributed by atoms with Gasteiger partial charge in [-0.15, -0.1) is 22.7 Å². The van der Waals surface area contributed by atoms with Crippen LogP contribution in [0.3, 0.4) is 0 Å². The molecule has 0 radical (unpaired) electrons. The van der Waals surface area contributed by atoms with Crippen molar-refractivity contribution in [3.8, 4) is 22.0 Å². The second-order valence-electron chi connectivity index (χ2n) is 5.10. The van der Waals surface area contributed by atoms with Crippen molar-refractivity contribution in [2.24, 2.45) is 4.99 Å². The van der Waals surface area contributed by atoms with Crippen LogP contribution in [0.2, 0.25) is 0 Å². The zero-order valence-corrected chi connectivity index (χ0v) is 14.1. The minimum absolute atomic E-state index is 0.370. The average molecular weight is 360 g/mol. The third kappa shape index (κ3) is 3.26. The molecule has 0 bridgehead atoms. The summed E-state index contributed by atoms with van der Waals surface area (Å²) in [6.07, 6.45) is 3.83. The molecule has 4 rings (SSSR count). The van der Waals surface area contributed by atoms with E-state index in [0.29, 0.717) is 5.56 Å². The van der Waals surface area contributed by atoms with Gasteiger partial charge in [0.15, 0.2) is 11.1 Å². The highest BCUT2D eigenvalue weighted by Crippen LogP contribution is 2.30. The molecule has 0 aromatic carbocycles. The zero-order valence-electron chi connectivity index (χ0n) is 12.5. The smallest absolute Gasteiger partial charge is 0.197 e. The molecule has 6 nitrogen and oxygen atoms in total. The topological polar surface area (TPSA) is 75.1 Å². The van der Waals surface area contributed by atoms with E-state index in [1.54, 1.807) is 6.20 Å². The van der Waals surface area contributed by atoms with Crippen molar-refractivity contribution in [1.29, 1.82) is 0 Å². The first-order chi connectivity index (χ1) is 11.8. The lowest BCUT2D eigenvalue weighted by Gasteiger charge is -2.13. The molecule has 0 spiro atoms. The first kappa shape index (κ1) is 15.2. The van der Waals surface area contributed by atoms with Gasteiger partial charge < -0.3 is 10.6 Å². The first-order valence-corrected chi connectivity index (χ1v) is 9.11. The molecule has 2 N–H and O–H groups in total. The zero-order chi connectivity index (χ0) is 16.4. The van der Waals surface area contributed by atoms with Gasteiger partial charge in [-0.25, -0.2) is 14.4 Å². The fraction of sp³-hybridized carbons (Fsp3) is 0.200. The van der Waals surface area contributed by atoms with E-state index in [1.165, 1.54) is 34.9 Å². The molecule has 0 amide bonds. The summed E-state index contributed by atoms with van der Waals surface area (Å²) in [7, 11) is 0. The maximum Gasteiger partial charge on any atom is 0.197 e. The Morgan fingerprint density at radius 1 is 1.12 bits per heavy atom. The van der Waals surface area contributed by atoms with Crippen LogP contribution in [0.4, 0.5) is 9.52 Å². The molecule has 1 aliphatic rings. The normalized spacial score (nSPS) is 14.1. The number of hydrogen-bond donors (Lipinski definition) is 2. The predicted molar refractivity (Wildman–Crippen MR) is 95.0 cm³/mol. The Balaban J connectivity index is 1.53. The van der Waals surface area contributed by atoms with Crippen LogP contribution in [0.15, 0.2) is 34.2 Å². The van der Waals surface area contributed by atoms with Crippen molar-refractivity contribution in [3.05, 3.63) is 35.0 Å². The van der Waals surface area contributed by atoms with Gasteiger partial charge in [0.1, 0.15) is 22.2 Å². The number of halogens is 1. The number of rotatable bonds is 3. The second-order valence-corrected chi connectivity index (χ2v) is 6.82. The van der Waals surface area contributed by atoms with Crippen LogP contribution in [-0.4, -0.2) is 34.0 Å². The van der Waals surface area contributed by atoms with Gasteiger partial charge in [0.25, 0.3) is 0 Å². The molecule has 9 heteroatoms. The second kappa shape index (κ2) is 6.62. The van der Waals surface area contributed by atoms with Gasteiger partial charge in [0.05, 0.1) is 6.20 Å². The van der Waals surface area contributed by atoms with Crippen molar-refractivity contribution in [1.82, 2.24) is 20.3 Å². The number of aliphatic imine (C=N–C) groups is 1. The quantitative estimate of drug-likeness (QED) is 0.750. The van der Waals surface area contributed by atoms with Crippen LogP contribution < -0.4 is 10.6 Å². The first-order valence-electron chi connectivity index (χ1n) is 7.35. The molecule has 0 aliphatic carbocycles. The largest absolute Gasteiger partial charge is 0.356 e. The van der Waals surface area contributed by atoms with Crippen molar-refractivity contribution in [3.63, 3.8) is 0 Å². The van der Waals surface area contributed by atoms with Gasteiger partial charge in [0.2, 0.25) is 0 Å². The van der Waals surface area contributed by atoms with E-state index in [9.17, 15) is 4.39 Å². The van der Waals surface area contributed by atoms with E-state index >= 15 is 0 Å². The summed E-state index contributed by atoms with van der Waals surface area (Å²) < 4.78 is 13.3. The Morgan fingerprint density at radius 3 is 2.83 bits per heavy atom. The number of aromatic nitrogens is 3. The Hall–Kier alpha value is -2.39. The minimum Gasteiger partial charge on any atom is -0.356 e. The standard InChI is InChI=1S/C15H13FN6S2/c16-10-4-9(5-17-6-10)13-20-11(7-23-13)12-8-24-15(21-12)22-14-18-2-1-3-19-14/h4-8H,1-3H2,(H2,18,19,21,22). The monoisotopic (exact) mass is 360 g/mol. The Labute approximate surface area is 145 Å². The number of guanidine groups is 1. The van der Waals surface area contributed by atoms with Crippen molar-refractivity contribution in [2.75, 3.05) is 18.4 Å². The summed E-state index contributed by atoms with van der Waals surface area (Å²) in [6, 6.07) is 1.43. The average Bonchev–Trinajstić information content (AvgIpc) is 3.25. The van der Waals surface area contributed by atoms with Crippen molar-refractivity contribution in [2.45, 2.75) is 6.42 Å². The molecular formula is C15H13FN6S2. The van der Waals surface area contributed by atoms with E-state index in [1.807, 2.05) is 10.8 Å². The van der Waals surface area contributed by atoms with Crippen LogP contribution in [0.25, 0.3) is 22.0 Å². The molecule has 3 aromatic heterocycles. The highest BCUT2D eigenvalue weighted by molar-refractivity contribution is 7.14. The van der Waals surface area contributed by atoms with Crippen LogP contribution >= 0.6 is 22.7 Å². The minimum atomic E-state index is -0.370. The van der Waals surface area contributed by atoms with Gasteiger partial charge in [-0.2, -0.15) is 0 Å². The van der Waals surface area contributed by atoms with Crippen LogP contribution in [0, 0.1) is 5.82 Å². The summed E-state index contributed by atoms with van der Waals surface area (Å²) in [4.78, 5) is 17.3. The fourth-order valence-corrected chi connectivity index (χ4v) is 3.72. The van der Waals surface area contributed by atoms with Gasteiger partial charge in [-0.05, 0) is 12.5 Å². The van der Waals surface area contributed by atoms with E-state index in [2.05, 4.69) is 30.6 Å². The van der Waals surface area contributed by atoms with Crippen molar-refractivity contribution < 1.29 is 4.39 Å². The van der Waals surface area contributed by atoms with Gasteiger partial charge in [-0.3, -0.25) is 9.98 Å². The maximum absolute atomic E-state index is 13.3. The van der Waals surface area contributed by atoms with Crippen LogP contribution in [0.1, 0.15) is 6.42 Å². The Bertz CT molecular complexity index is 887. The Morgan fingerprint density at radius 2 is 2.00 bits per heavy atom. The third-order valence-corrected chi connectivity index (χ3v) is 4.99. The highest BCUT2D eigenvalue weighted by Gasteiger charge is 2.12. The summed E-state index contributed by atoms with van der Waals surface area (Å²) in [6.45, 7) is 1.74. The molecule has 3 aromatic rings. The fourth-order valence-electron chi connectivity index (χ4n) is 2.22. The van der Waals surface area contributed by atoms with Crippen LogP contribution in [0.5, 0.6) is 0 Å². The SMILES string of the molecule is Fc1cncc(-c2nc(-c3csc(NC4=NCCCN4)n3)cs2)c1. The molecule has 4 heterocycles. The molecule has 0 saturated carbocycles. The van der Waals surface area contributed by atoms with Crippen molar-refractivity contribution >= 4 is 33.8 Å². The van der Waals surface area contributed by atoms with Gasteiger partial charge in [0, 0.05) is 35.6 Å². The van der Waals surface area contributed by atoms with Crippen LogP contribution in [-0.2, 0) is 0 Å². The predicted octanol–water partition coefficient (Wildman–Crippen LogP) is 3.23. The van der Waals surface area contributed by atoms with Gasteiger partial charge in [-0.1, -0.05) is 0 Å². The molecule has 0 fully saturated rings. The van der Waals surface area contributed by atoms with Gasteiger partial charge >= 0.3 is 0 Å². The molecule has 0 saturated heterocycles. The lowest BCUT2D eigenvalue weighted by atomic mass is 10.3. The molecule has 122 valence electrons. The lowest BCUT2D eigenvalue weighted by molar-refractivity contribution is 0.622. The summed E-state index contributed by atoms with van der Waals surface area (Å²) in [5.74, 6) is 0.386. The maximum atomic E-state index is 13.3. The number of hydrogen-bond acceptors (Lipinski definition) is 8. The van der Waals surface area contributed by atoms with E-state index in [-0.39, 0.29) is 5.82 Å². The van der Waals surface area contributed by atoms with E-state index < -0.39 is 0 Å². The van der Waals surface area contributed by atoms with E-state index in [4.69, 9.17) is 0 Å². The molecular weight excluding hydrogens is 347 g/mol. The number of pyridine rings is 1. The number of thiazole rings is 2. The summed E-state index contributed by atoms with van der Waals surface area (Å²) in [5.41, 5.74) is 2.22.